The normalized spacial score (nSPS) is 11.3. The molecule has 312 valence electrons. The largest absolute Gasteiger partial charge is 0.310 e. The molecule has 4 heteroatoms. The van der Waals surface area contributed by atoms with Crippen LogP contribution in [0, 0.1) is 0 Å². The minimum Gasteiger partial charge on any atom is -0.310 e. The van der Waals surface area contributed by atoms with Crippen molar-refractivity contribution in [1.29, 1.82) is 0 Å². The van der Waals surface area contributed by atoms with Crippen molar-refractivity contribution in [1.82, 2.24) is 0 Å². The first-order valence-corrected chi connectivity index (χ1v) is 23.2. The highest BCUT2D eigenvalue weighted by Gasteiger charge is 2.20. The molecular formula is C62H43N3S. The molecule has 0 aliphatic rings. The average Bonchev–Trinajstić information content (AvgIpc) is 3.75. The third-order valence-corrected chi connectivity index (χ3v) is 13.7. The van der Waals surface area contributed by atoms with Crippen LogP contribution in [0.5, 0.6) is 0 Å². The van der Waals surface area contributed by atoms with Gasteiger partial charge in [-0.15, -0.1) is 11.3 Å². The zero-order valence-corrected chi connectivity index (χ0v) is 36.9. The Morgan fingerprint density at radius 1 is 0.212 bits per heavy atom. The van der Waals surface area contributed by atoms with Gasteiger partial charge in [-0.3, -0.25) is 0 Å². The molecule has 66 heavy (non-hydrogen) atoms. The summed E-state index contributed by atoms with van der Waals surface area (Å²) in [6.07, 6.45) is 0. The Kier molecular flexibility index (Phi) is 10.0. The maximum Gasteiger partial charge on any atom is 0.0482 e. The fourth-order valence-corrected chi connectivity index (χ4v) is 10.5. The van der Waals surface area contributed by atoms with E-state index in [9.17, 15) is 0 Å². The van der Waals surface area contributed by atoms with Crippen LogP contribution in [0.2, 0.25) is 0 Å². The summed E-state index contributed by atoms with van der Waals surface area (Å²) in [4.78, 5) is 7.08. The van der Waals surface area contributed by atoms with E-state index in [1.54, 1.807) is 0 Å². The SMILES string of the molecule is c1ccc(N(c2cccc(-c3ccc4sc5cc(N(c6ccccc6)c6cccc(N(c7ccccc7)c7ccc8ccccc8c7)c6)ccc5c4c3)c2)c2ccc3ccccc3c2)cc1. The number of para-hydroxylation sites is 3. The summed E-state index contributed by atoms with van der Waals surface area (Å²) in [6, 6.07) is 94.3. The van der Waals surface area contributed by atoms with Crippen LogP contribution in [0.4, 0.5) is 51.2 Å². The van der Waals surface area contributed by atoms with Gasteiger partial charge in [-0.25, -0.2) is 0 Å². The van der Waals surface area contributed by atoms with Gasteiger partial charge in [0.05, 0.1) is 0 Å². The fourth-order valence-electron chi connectivity index (χ4n) is 9.38. The standard InChI is InChI=1S/C62H43N3S/c1-4-21-50(22-5-1)63(56-33-30-44-16-10-12-18-46(44)38-56)53-27-14-20-48(40-53)49-32-37-61-60(41-49)59-36-35-58(43-62(59)66-61)65(52-25-8-3-9-26-52)55-29-15-28-54(42-55)64(51-23-6-2-7-24-51)57-34-31-45-17-11-13-19-47(45)39-57/h1-43H. The van der Waals surface area contributed by atoms with Crippen LogP contribution in [0.3, 0.4) is 0 Å². The van der Waals surface area contributed by atoms with E-state index in [2.05, 4.69) is 276 Å². The second-order valence-corrected chi connectivity index (χ2v) is 17.7. The van der Waals surface area contributed by atoms with Crippen molar-refractivity contribution in [2.24, 2.45) is 0 Å². The number of hydrogen-bond acceptors (Lipinski definition) is 4. The molecule has 0 bridgehead atoms. The van der Waals surface area contributed by atoms with Crippen molar-refractivity contribution in [2.75, 3.05) is 14.7 Å². The van der Waals surface area contributed by atoms with Crippen LogP contribution >= 0.6 is 11.3 Å². The number of hydrogen-bond donors (Lipinski definition) is 0. The second kappa shape index (κ2) is 16.9. The zero-order valence-electron chi connectivity index (χ0n) is 36.1. The molecule has 0 N–H and O–H groups in total. The van der Waals surface area contributed by atoms with Crippen molar-refractivity contribution >= 4 is 104 Å². The van der Waals surface area contributed by atoms with Gasteiger partial charge in [-0.2, -0.15) is 0 Å². The van der Waals surface area contributed by atoms with Crippen LogP contribution in [0.15, 0.2) is 261 Å². The molecule has 12 rings (SSSR count). The van der Waals surface area contributed by atoms with Crippen LogP contribution in [0.1, 0.15) is 0 Å². The Balaban J connectivity index is 0.923. The third kappa shape index (κ3) is 7.39. The van der Waals surface area contributed by atoms with Gasteiger partial charge in [-0.1, -0.05) is 146 Å². The molecule has 0 amide bonds. The van der Waals surface area contributed by atoms with Crippen LogP contribution in [-0.2, 0) is 0 Å². The Morgan fingerprint density at radius 2 is 0.621 bits per heavy atom. The van der Waals surface area contributed by atoms with E-state index in [-0.39, 0.29) is 0 Å². The molecule has 1 aromatic heterocycles. The van der Waals surface area contributed by atoms with Gasteiger partial charge < -0.3 is 14.7 Å². The summed E-state index contributed by atoms with van der Waals surface area (Å²) in [7, 11) is 0. The van der Waals surface area contributed by atoms with E-state index >= 15 is 0 Å². The molecule has 0 aliphatic carbocycles. The van der Waals surface area contributed by atoms with E-state index in [1.807, 2.05) is 11.3 Å². The first-order valence-electron chi connectivity index (χ1n) is 22.4. The van der Waals surface area contributed by atoms with E-state index in [4.69, 9.17) is 0 Å². The molecule has 11 aromatic carbocycles. The summed E-state index contributed by atoms with van der Waals surface area (Å²) >= 11 is 1.85. The summed E-state index contributed by atoms with van der Waals surface area (Å²) in [5.41, 5.74) is 12.3. The Morgan fingerprint density at radius 3 is 1.17 bits per heavy atom. The van der Waals surface area contributed by atoms with E-state index in [0.29, 0.717) is 0 Å². The molecule has 0 saturated heterocycles. The highest BCUT2D eigenvalue weighted by molar-refractivity contribution is 7.25. The Labute approximate surface area is 388 Å². The van der Waals surface area contributed by atoms with Crippen molar-refractivity contribution in [2.45, 2.75) is 0 Å². The first-order chi connectivity index (χ1) is 32.7. The zero-order chi connectivity index (χ0) is 43.8. The van der Waals surface area contributed by atoms with E-state index < -0.39 is 0 Å². The number of thiophene rings is 1. The molecule has 0 fully saturated rings. The quantitative estimate of drug-likeness (QED) is 0.136. The second-order valence-electron chi connectivity index (χ2n) is 16.6. The molecule has 0 aliphatic heterocycles. The molecule has 1 heterocycles. The third-order valence-electron chi connectivity index (χ3n) is 12.5. The lowest BCUT2D eigenvalue weighted by atomic mass is 10.0. The maximum absolute atomic E-state index is 2.38. The van der Waals surface area contributed by atoms with Gasteiger partial charge in [0.1, 0.15) is 0 Å². The monoisotopic (exact) mass is 861 g/mol. The molecule has 12 aromatic rings. The number of nitrogens with zero attached hydrogens (tertiary/aromatic N) is 3. The topological polar surface area (TPSA) is 9.72 Å². The minimum absolute atomic E-state index is 1.08. The Hall–Kier alpha value is -8.44. The molecule has 0 unspecified atom stereocenters. The van der Waals surface area contributed by atoms with Crippen molar-refractivity contribution in [3.8, 4) is 11.1 Å². The van der Waals surface area contributed by atoms with Crippen molar-refractivity contribution in [3.05, 3.63) is 261 Å². The summed E-state index contributed by atoms with van der Waals surface area (Å²) in [6.45, 7) is 0. The fraction of sp³-hybridized carbons (Fsp3) is 0. The Bertz CT molecular complexity index is 3680. The molecule has 0 atom stereocenters. The average molecular weight is 862 g/mol. The molecule has 0 spiro atoms. The van der Waals surface area contributed by atoms with Gasteiger partial charge in [0.25, 0.3) is 0 Å². The van der Waals surface area contributed by atoms with Gasteiger partial charge >= 0.3 is 0 Å². The van der Waals surface area contributed by atoms with Crippen LogP contribution in [0.25, 0.3) is 52.8 Å². The lowest BCUT2D eigenvalue weighted by molar-refractivity contribution is 1.25. The lowest BCUT2D eigenvalue weighted by Crippen LogP contribution is -2.13. The van der Waals surface area contributed by atoms with Gasteiger partial charge in [0, 0.05) is 71.4 Å². The number of fused-ring (bicyclic) bond motifs is 5. The van der Waals surface area contributed by atoms with Gasteiger partial charge in [0.15, 0.2) is 0 Å². The number of anilines is 9. The first kappa shape index (κ1) is 39.2. The smallest absolute Gasteiger partial charge is 0.0482 e. The summed E-state index contributed by atoms with van der Waals surface area (Å²) in [5, 5.41) is 7.41. The number of rotatable bonds is 10. The van der Waals surface area contributed by atoms with Crippen LogP contribution < -0.4 is 14.7 Å². The minimum atomic E-state index is 1.08. The van der Waals surface area contributed by atoms with E-state index in [1.165, 1.54) is 52.8 Å². The van der Waals surface area contributed by atoms with Crippen molar-refractivity contribution in [3.63, 3.8) is 0 Å². The maximum atomic E-state index is 2.38. The van der Waals surface area contributed by atoms with Gasteiger partial charge in [0.2, 0.25) is 0 Å². The van der Waals surface area contributed by atoms with Crippen LogP contribution in [-0.4, -0.2) is 0 Å². The van der Waals surface area contributed by atoms with Crippen molar-refractivity contribution < 1.29 is 0 Å². The summed E-state index contributed by atoms with van der Waals surface area (Å²) < 4.78 is 2.52. The predicted molar refractivity (Wildman–Crippen MR) is 284 cm³/mol. The van der Waals surface area contributed by atoms with Gasteiger partial charge in [-0.05, 0) is 148 Å². The lowest BCUT2D eigenvalue weighted by Gasteiger charge is -2.29. The van der Waals surface area contributed by atoms with E-state index in [0.717, 1.165) is 51.2 Å². The number of benzene rings is 11. The molecule has 0 saturated carbocycles. The predicted octanol–water partition coefficient (Wildman–Crippen LogP) is 18.4. The molecule has 0 radical (unpaired) electrons. The molecule has 3 nitrogen and oxygen atoms in total. The highest BCUT2D eigenvalue weighted by atomic mass is 32.1. The summed E-state index contributed by atoms with van der Waals surface area (Å²) in [5.74, 6) is 0. The molecular weight excluding hydrogens is 819 g/mol. The highest BCUT2D eigenvalue weighted by Crippen LogP contribution is 2.45.